The van der Waals surface area contributed by atoms with Crippen LogP contribution < -0.4 is 14.5 Å². The Bertz CT molecular complexity index is 1190. The van der Waals surface area contributed by atoms with E-state index in [0.717, 1.165) is 34.5 Å². The van der Waals surface area contributed by atoms with Crippen molar-refractivity contribution in [2.45, 2.75) is 58.0 Å². The summed E-state index contributed by atoms with van der Waals surface area (Å²) in [6.07, 6.45) is 1.40. The van der Waals surface area contributed by atoms with Crippen molar-refractivity contribution in [1.82, 2.24) is 4.72 Å². The second-order valence-electron chi connectivity index (χ2n) is 8.91. The molecule has 0 saturated heterocycles. The van der Waals surface area contributed by atoms with E-state index in [9.17, 15) is 18.0 Å². The maximum atomic E-state index is 12.9. The van der Waals surface area contributed by atoms with Crippen LogP contribution in [0.2, 0.25) is 0 Å². The first kappa shape index (κ1) is 22.5. The largest absolute Gasteiger partial charge is 0.312 e. The molecule has 0 aliphatic carbocycles. The SMILES string of the molecule is CC(=O)N1c2ccc(S(=O)(=O)NCc3ccc4c(c3)CCN4C(=O)C(C)C)cc2C[C@@H]1C. The fourth-order valence-electron chi connectivity index (χ4n) is 4.62. The van der Waals surface area contributed by atoms with Gasteiger partial charge in [-0.2, -0.15) is 0 Å². The molecule has 8 heteroatoms. The third-order valence-electron chi connectivity index (χ3n) is 6.18. The zero-order valence-corrected chi connectivity index (χ0v) is 19.7. The standard InChI is InChI=1S/C24H29N3O4S/c1-15(2)24(29)26-10-9-19-12-18(5-7-22(19)26)14-25-32(30,31)21-6-8-23-20(13-21)11-16(3)27(23)17(4)28/h5-8,12-13,15-16,25H,9-11,14H2,1-4H3/t16-/m0/s1. The average molecular weight is 456 g/mol. The van der Waals surface area contributed by atoms with E-state index in [2.05, 4.69) is 4.72 Å². The van der Waals surface area contributed by atoms with Gasteiger partial charge in [-0.15, -0.1) is 0 Å². The first-order valence-corrected chi connectivity index (χ1v) is 12.4. The lowest BCUT2D eigenvalue weighted by Crippen LogP contribution is -2.33. The number of fused-ring (bicyclic) bond motifs is 2. The summed E-state index contributed by atoms with van der Waals surface area (Å²) in [5.74, 6) is -0.00742. The topological polar surface area (TPSA) is 86.8 Å². The number of nitrogens with zero attached hydrogens (tertiary/aromatic N) is 2. The van der Waals surface area contributed by atoms with Gasteiger partial charge in [0.2, 0.25) is 21.8 Å². The fraction of sp³-hybridized carbons (Fsp3) is 0.417. The van der Waals surface area contributed by atoms with Crippen molar-refractivity contribution in [3.05, 3.63) is 53.1 Å². The Morgan fingerprint density at radius 3 is 2.50 bits per heavy atom. The Balaban J connectivity index is 1.49. The third-order valence-corrected chi connectivity index (χ3v) is 7.58. The van der Waals surface area contributed by atoms with Crippen LogP contribution >= 0.6 is 0 Å². The van der Waals surface area contributed by atoms with Gasteiger partial charge in [-0.1, -0.05) is 26.0 Å². The van der Waals surface area contributed by atoms with Crippen molar-refractivity contribution in [3.63, 3.8) is 0 Å². The second kappa shape index (κ2) is 8.33. The van der Waals surface area contributed by atoms with Crippen molar-refractivity contribution in [3.8, 4) is 0 Å². The van der Waals surface area contributed by atoms with E-state index >= 15 is 0 Å². The molecule has 2 aromatic carbocycles. The van der Waals surface area contributed by atoms with Crippen LogP contribution in [0.3, 0.4) is 0 Å². The highest BCUT2D eigenvalue weighted by atomic mass is 32.2. The van der Waals surface area contributed by atoms with Crippen molar-refractivity contribution < 1.29 is 18.0 Å². The van der Waals surface area contributed by atoms with E-state index in [4.69, 9.17) is 0 Å². The Hall–Kier alpha value is -2.71. The number of carbonyl (C=O) groups is 2. The third kappa shape index (κ3) is 4.04. The van der Waals surface area contributed by atoms with Crippen molar-refractivity contribution >= 4 is 33.2 Å². The van der Waals surface area contributed by atoms with Crippen molar-refractivity contribution in [2.24, 2.45) is 5.92 Å². The summed E-state index contributed by atoms with van der Waals surface area (Å²) in [5.41, 5.74) is 4.47. The summed E-state index contributed by atoms with van der Waals surface area (Å²) in [6.45, 7) is 8.08. The van der Waals surface area contributed by atoms with Gasteiger partial charge in [0, 0.05) is 43.3 Å². The minimum absolute atomic E-state index is 0.0157. The molecule has 4 rings (SSSR count). The van der Waals surface area contributed by atoms with E-state index in [1.165, 1.54) is 6.92 Å². The van der Waals surface area contributed by atoms with Crippen LogP contribution in [0.15, 0.2) is 41.3 Å². The van der Waals surface area contributed by atoms with Crippen LogP contribution in [0, 0.1) is 5.92 Å². The number of sulfonamides is 1. The minimum atomic E-state index is -3.70. The first-order chi connectivity index (χ1) is 15.1. The van der Waals surface area contributed by atoms with Crippen LogP contribution in [0.4, 0.5) is 11.4 Å². The fourth-order valence-corrected chi connectivity index (χ4v) is 5.69. The smallest absolute Gasteiger partial charge is 0.240 e. The number of carbonyl (C=O) groups excluding carboxylic acids is 2. The highest BCUT2D eigenvalue weighted by Gasteiger charge is 2.30. The summed E-state index contributed by atoms with van der Waals surface area (Å²) in [6, 6.07) is 10.7. The Labute approximate surface area is 189 Å². The van der Waals surface area contributed by atoms with Gasteiger partial charge in [-0.3, -0.25) is 9.59 Å². The van der Waals surface area contributed by atoms with Crippen LogP contribution in [-0.4, -0.2) is 32.8 Å². The van der Waals surface area contributed by atoms with Crippen LogP contribution in [0.1, 0.15) is 44.4 Å². The number of benzene rings is 2. The number of rotatable bonds is 5. The summed E-state index contributed by atoms with van der Waals surface area (Å²) in [7, 11) is -3.70. The Kier molecular flexibility index (Phi) is 5.85. The molecule has 170 valence electrons. The quantitative estimate of drug-likeness (QED) is 0.751. The summed E-state index contributed by atoms with van der Waals surface area (Å²) in [4.78, 5) is 28.0. The molecular formula is C24H29N3O4S. The Morgan fingerprint density at radius 1 is 1.09 bits per heavy atom. The molecule has 1 N–H and O–H groups in total. The predicted octanol–water partition coefficient (Wildman–Crippen LogP) is 3.01. The molecule has 0 saturated carbocycles. The zero-order valence-electron chi connectivity index (χ0n) is 18.9. The Morgan fingerprint density at radius 2 is 1.81 bits per heavy atom. The van der Waals surface area contributed by atoms with E-state index in [-0.39, 0.29) is 35.2 Å². The van der Waals surface area contributed by atoms with E-state index in [0.29, 0.717) is 13.0 Å². The first-order valence-electron chi connectivity index (χ1n) is 10.9. The maximum absolute atomic E-state index is 12.9. The number of anilines is 2. The lowest BCUT2D eigenvalue weighted by Gasteiger charge is -2.20. The molecular weight excluding hydrogens is 426 g/mol. The number of amides is 2. The molecule has 2 aliphatic rings. The molecule has 0 unspecified atom stereocenters. The minimum Gasteiger partial charge on any atom is -0.312 e. The average Bonchev–Trinajstić information content (AvgIpc) is 3.30. The molecule has 0 aromatic heterocycles. The van der Waals surface area contributed by atoms with Gasteiger partial charge in [-0.25, -0.2) is 13.1 Å². The molecule has 0 spiro atoms. The van der Waals surface area contributed by atoms with Gasteiger partial charge >= 0.3 is 0 Å². The molecule has 2 aromatic rings. The van der Waals surface area contributed by atoms with Crippen LogP contribution in [0.5, 0.6) is 0 Å². The second-order valence-corrected chi connectivity index (χ2v) is 10.7. The molecule has 0 bridgehead atoms. The van der Waals surface area contributed by atoms with Gasteiger partial charge in [0.1, 0.15) is 0 Å². The highest BCUT2D eigenvalue weighted by Crippen LogP contribution is 2.34. The summed E-state index contributed by atoms with van der Waals surface area (Å²) < 4.78 is 28.5. The number of hydrogen-bond donors (Lipinski definition) is 1. The van der Waals surface area contributed by atoms with Gasteiger partial charge in [0.25, 0.3) is 0 Å². The number of nitrogens with one attached hydrogen (secondary N) is 1. The van der Waals surface area contributed by atoms with Gasteiger partial charge in [-0.05, 0) is 60.7 Å². The predicted molar refractivity (Wildman–Crippen MR) is 124 cm³/mol. The molecule has 0 radical (unpaired) electrons. The zero-order chi connectivity index (χ0) is 23.2. The van der Waals surface area contributed by atoms with E-state index < -0.39 is 10.0 Å². The maximum Gasteiger partial charge on any atom is 0.240 e. The van der Waals surface area contributed by atoms with Crippen LogP contribution in [-0.2, 0) is 39.0 Å². The lowest BCUT2D eigenvalue weighted by molar-refractivity contribution is -0.121. The summed E-state index contributed by atoms with van der Waals surface area (Å²) in [5, 5.41) is 0. The monoisotopic (exact) mass is 455 g/mol. The number of hydrogen-bond acceptors (Lipinski definition) is 4. The van der Waals surface area contributed by atoms with Gasteiger partial charge < -0.3 is 9.80 Å². The molecule has 1 atom stereocenters. The summed E-state index contributed by atoms with van der Waals surface area (Å²) >= 11 is 0. The molecule has 0 fully saturated rings. The van der Waals surface area contributed by atoms with Gasteiger partial charge in [0.05, 0.1) is 4.90 Å². The highest BCUT2D eigenvalue weighted by molar-refractivity contribution is 7.89. The van der Waals surface area contributed by atoms with Crippen molar-refractivity contribution in [1.29, 1.82) is 0 Å². The van der Waals surface area contributed by atoms with Crippen LogP contribution in [0.25, 0.3) is 0 Å². The molecule has 2 aliphatic heterocycles. The van der Waals surface area contributed by atoms with E-state index in [1.54, 1.807) is 23.1 Å². The van der Waals surface area contributed by atoms with Crippen molar-refractivity contribution in [2.75, 3.05) is 16.3 Å². The lowest BCUT2D eigenvalue weighted by atomic mass is 10.1. The molecule has 2 amide bonds. The molecule has 2 heterocycles. The normalized spacial score (nSPS) is 17.6. The van der Waals surface area contributed by atoms with E-state index in [1.807, 2.05) is 43.9 Å². The van der Waals surface area contributed by atoms with Gasteiger partial charge in [0.15, 0.2) is 0 Å². The molecule has 7 nitrogen and oxygen atoms in total. The molecule has 32 heavy (non-hydrogen) atoms.